The fourth-order valence-corrected chi connectivity index (χ4v) is 6.55. The molecule has 0 heterocycles. The topological polar surface area (TPSA) is 0 Å². The van der Waals surface area contributed by atoms with Gasteiger partial charge in [-0.15, -0.1) is 0 Å². The molecule has 0 saturated heterocycles. The van der Waals surface area contributed by atoms with Crippen LogP contribution >= 0.6 is 8.25 Å². The molecule has 0 fully saturated rings. The van der Waals surface area contributed by atoms with Crippen molar-refractivity contribution < 1.29 is 23.3 Å². The van der Waals surface area contributed by atoms with Crippen LogP contribution < -0.4 is 0 Å². The van der Waals surface area contributed by atoms with Gasteiger partial charge in [-0.25, -0.2) is 0 Å². The zero-order chi connectivity index (χ0) is 8.10. The van der Waals surface area contributed by atoms with Crippen LogP contribution in [0.1, 0.15) is 18.4 Å². The Morgan fingerprint density at radius 3 is 2.55 bits per heavy atom. The van der Waals surface area contributed by atoms with E-state index in [-0.39, 0.29) is 0 Å². The molecule has 0 spiro atoms. The molecular weight excluding hydrogens is 344 g/mol. The second-order valence-electron chi connectivity index (χ2n) is 2.79. The second kappa shape index (κ2) is 5.15. The molecule has 0 aliphatic rings. The minimum atomic E-state index is -0.936. The van der Waals surface area contributed by atoms with Crippen molar-refractivity contribution >= 4 is 8.25 Å². The van der Waals surface area contributed by atoms with Gasteiger partial charge in [0.1, 0.15) is 0 Å². The predicted octanol–water partition coefficient (Wildman–Crippen LogP) is 3.44. The van der Waals surface area contributed by atoms with Gasteiger partial charge in [-0.2, -0.15) is 0 Å². The van der Waals surface area contributed by atoms with Crippen molar-refractivity contribution in [1.82, 2.24) is 0 Å². The monoisotopic (exact) mass is 356 g/mol. The van der Waals surface area contributed by atoms with Crippen LogP contribution in [0, 0.1) is 0 Å². The Morgan fingerprint density at radius 2 is 2.00 bits per heavy atom. The first-order valence-electron chi connectivity index (χ1n) is 3.95. The third-order valence-electron chi connectivity index (χ3n) is 1.91. The van der Waals surface area contributed by atoms with Gasteiger partial charge in [0.2, 0.25) is 0 Å². The van der Waals surface area contributed by atoms with E-state index in [2.05, 4.69) is 37.3 Å². The summed E-state index contributed by atoms with van der Waals surface area (Å²) in [6.45, 7) is 2.26. The van der Waals surface area contributed by atoms with Gasteiger partial charge in [-0.3, -0.25) is 0 Å². The molecule has 0 radical (unpaired) electrons. The summed E-state index contributed by atoms with van der Waals surface area (Å²) < 4.78 is 1.28. The molecular formula is C9H11ClHg. The Morgan fingerprint density at radius 1 is 1.36 bits per heavy atom. The van der Waals surface area contributed by atoms with Crippen LogP contribution in [-0.4, -0.2) is 0 Å². The van der Waals surface area contributed by atoms with Gasteiger partial charge in [0.25, 0.3) is 0 Å². The van der Waals surface area contributed by atoms with Crippen molar-refractivity contribution in [1.29, 1.82) is 0 Å². The Labute approximate surface area is 83.8 Å². The Balaban J connectivity index is 2.61. The number of rotatable bonds is 3. The predicted molar refractivity (Wildman–Crippen MR) is 45.5 cm³/mol. The fraction of sp³-hybridized carbons (Fsp3) is 0.333. The second-order valence-corrected chi connectivity index (χ2v) is 9.82. The van der Waals surface area contributed by atoms with E-state index in [9.17, 15) is 0 Å². The molecule has 1 atom stereocenters. The molecule has 0 aliphatic heterocycles. The van der Waals surface area contributed by atoms with Gasteiger partial charge in [-0.05, 0) is 0 Å². The SMILES string of the molecule is CC([CH2][Hg][Cl])c1ccccc1. The van der Waals surface area contributed by atoms with Crippen molar-refractivity contribution in [3.63, 3.8) is 0 Å². The van der Waals surface area contributed by atoms with Crippen LogP contribution in [0.2, 0.25) is 3.93 Å². The minimum absolute atomic E-state index is 0.690. The summed E-state index contributed by atoms with van der Waals surface area (Å²) in [5.41, 5.74) is 1.44. The molecule has 2 heteroatoms. The number of benzene rings is 1. The Hall–Kier alpha value is 0.445. The van der Waals surface area contributed by atoms with Crippen molar-refractivity contribution in [2.75, 3.05) is 0 Å². The molecule has 11 heavy (non-hydrogen) atoms. The number of hydrogen-bond donors (Lipinski definition) is 0. The van der Waals surface area contributed by atoms with Crippen LogP contribution in [-0.2, 0) is 23.3 Å². The van der Waals surface area contributed by atoms with Crippen molar-refractivity contribution in [3.8, 4) is 0 Å². The molecule has 56 valence electrons. The van der Waals surface area contributed by atoms with E-state index in [0.29, 0.717) is 5.92 Å². The third-order valence-corrected chi connectivity index (χ3v) is 8.04. The van der Waals surface area contributed by atoms with E-state index < -0.39 is 23.3 Å². The van der Waals surface area contributed by atoms with Gasteiger partial charge in [-0.1, -0.05) is 0 Å². The van der Waals surface area contributed by atoms with Crippen LogP contribution in [0.5, 0.6) is 0 Å². The van der Waals surface area contributed by atoms with Crippen LogP contribution in [0.3, 0.4) is 0 Å². The van der Waals surface area contributed by atoms with E-state index in [1.54, 1.807) is 0 Å². The third kappa shape index (κ3) is 3.12. The van der Waals surface area contributed by atoms with Crippen molar-refractivity contribution in [2.24, 2.45) is 0 Å². The molecule has 0 aliphatic carbocycles. The summed E-state index contributed by atoms with van der Waals surface area (Å²) in [5, 5.41) is 0. The van der Waals surface area contributed by atoms with Gasteiger partial charge in [0.15, 0.2) is 0 Å². The molecule has 0 bridgehead atoms. The van der Waals surface area contributed by atoms with E-state index in [4.69, 9.17) is 8.25 Å². The fourth-order valence-electron chi connectivity index (χ4n) is 1.11. The maximum atomic E-state index is 5.87. The van der Waals surface area contributed by atoms with Crippen LogP contribution in [0.4, 0.5) is 0 Å². The summed E-state index contributed by atoms with van der Waals surface area (Å²) in [5.74, 6) is 0.690. The normalized spacial score (nSPS) is 12.2. The van der Waals surface area contributed by atoms with Crippen LogP contribution in [0.15, 0.2) is 30.3 Å². The quantitative estimate of drug-likeness (QED) is 0.729. The van der Waals surface area contributed by atoms with E-state index >= 15 is 0 Å². The zero-order valence-corrected chi connectivity index (χ0v) is 13.0. The zero-order valence-electron chi connectivity index (χ0n) is 6.76. The summed E-state index contributed by atoms with van der Waals surface area (Å²) in [4.78, 5) is 0. The molecule has 0 aromatic heterocycles. The molecule has 1 aromatic rings. The van der Waals surface area contributed by atoms with Crippen molar-refractivity contribution in [3.05, 3.63) is 35.9 Å². The number of hydrogen-bond acceptors (Lipinski definition) is 0. The average molecular weight is 355 g/mol. The average Bonchev–Trinajstić information content (AvgIpc) is 2.07. The molecule has 0 N–H and O–H groups in total. The molecule has 1 rings (SSSR count). The summed E-state index contributed by atoms with van der Waals surface area (Å²) >= 11 is -0.936. The van der Waals surface area contributed by atoms with E-state index in [1.807, 2.05) is 0 Å². The first-order valence-corrected chi connectivity index (χ1v) is 14.6. The molecule has 0 amide bonds. The first-order chi connectivity index (χ1) is 5.34. The summed E-state index contributed by atoms with van der Waals surface area (Å²) in [6, 6.07) is 10.6. The van der Waals surface area contributed by atoms with Crippen LogP contribution in [0.25, 0.3) is 0 Å². The van der Waals surface area contributed by atoms with Gasteiger partial charge in [0, 0.05) is 0 Å². The standard InChI is InChI=1S/C9H11.ClH.Hg/c1-8(2)9-6-4-3-5-7-9;;/h3-8H,1H2,2H3;1H;/q;;+1/p-1. The summed E-state index contributed by atoms with van der Waals surface area (Å²) in [7, 11) is 5.87. The van der Waals surface area contributed by atoms with Crippen molar-refractivity contribution in [2.45, 2.75) is 16.8 Å². The van der Waals surface area contributed by atoms with Gasteiger partial charge in [0.05, 0.1) is 0 Å². The summed E-state index contributed by atoms with van der Waals surface area (Å²) in [6.07, 6.45) is 0. The molecule has 1 aromatic carbocycles. The van der Waals surface area contributed by atoms with Gasteiger partial charge < -0.3 is 0 Å². The number of halogens is 1. The van der Waals surface area contributed by atoms with E-state index in [1.165, 1.54) is 9.49 Å². The molecule has 1 unspecified atom stereocenters. The molecule has 0 saturated carbocycles. The van der Waals surface area contributed by atoms with E-state index in [0.717, 1.165) is 0 Å². The Bertz CT molecular complexity index is 198. The molecule has 0 nitrogen and oxygen atoms in total. The maximum absolute atomic E-state index is 5.87. The Kier molecular flexibility index (Phi) is 4.47. The van der Waals surface area contributed by atoms with Gasteiger partial charge >= 0.3 is 84.3 Å². The first kappa shape index (κ1) is 9.53.